The lowest BCUT2D eigenvalue weighted by molar-refractivity contribution is 0.244. The van der Waals surface area contributed by atoms with Crippen LogP contribution in [-0.2, 0) is 6.54 Å². The molecule has 0 spiro atoms. The van der Waals surface area contributed by atoms with Gasteiger partial charge in [-0.05, 0) is 38.0 Å². The molecule has 18 heavy (non-hydrogen) atoms. The van der Waals surface area contributed by atoms with Crippen molar-refractivity contribution in [1.82, 2.24) is 15.5 Å². The Morgan fingerprint density at radius 2 is 2.22 bits per heavy atom. The van der Waals surface area contributed by atoms with Gasteiger partial charge >= 0.3 is 0 Å². The molecule has 1 saturated carbocycles. The Morgan fingerprint density at radius 1 is 1.39 bits per heavy atom. The molecule has 1 heterocycles. The van der Waals surface area contributed by atoms with E-state index in [0.29, 0.717) is 24.3 Å². The Hall–Kier alpha value is -0.900. The topological polar surface area (TPSA) is 51.0 Å². The maximum Gasteiger partial charge on any atom is 0.240 e. The second-order valence-corrected chi connectivity index (χ2v) is 5.98. The highest BCUT2D eigenvalue weighted by Crippen LogP contribution is 2.29. The van der Waals surface area contributed by atoms with Crippen LogP contribution in [0.4, 0.5) is 0 Å². The summed E-state index contributed by atoms with van der Waals surface area (Å²) in [7, 11) is 0. The van der Waals surface area contributed by atoms with Crippen molar-refractivity contribution in [2.45, 2.75) is 65.5 Å². The van der Waals surface area contributed by atoms with Gasteiger partial charge in [-0.1, -0.05) is 31.8 Å². The van der Waals surface area contributed by atoms with Crippen molar-refractivity contribution in [3.8, 4) is 0 Å². The van der Waals surface area contributed by atoms with Gasteiger partial charge in [0.25, 0.3) is 0 Å². The van der Waals surface area contributed by atoms with Gasteiger partial charge in [0.15, 0.2) is 5.82 Å². The molecule has 0 bridgehead atoms. The van der Waals surface area contributed by atoms with Crippen LogP contribution in [0, 0.1) is 18.8 Å². The van der Waals surface area contributed by atoms with Crippen molar-refractivity contribution in [2.24, 2.45) is 11.8 Å². The van der Waals surface area contributed by atoms with Crippen LogP contribution in [-0.4, -0.2) is 16.2 Å². The second-order valence-electron chi connectivity index (χ2n) is 5.98. The summed E-state index contributed by atoms with van der Waals surface area (Å²) in [6, 6.07) is 0.620. The van der Waals surface area contributed by atoms with E-state index >= 15 is 0 Å². The molecule has 0 amide bonds. The Morgan fingerprint density at radius 3 is 2.89 bits per heavy atom. The highest BCUT2D eigenvalue weighted by Gasteiger charge is 2.22. The molecule has 1 aliphatic rings. The molecule has 0 aliphatic heterocycles. The van der Waals surface area contributed by atoms with E-state index in [1.54, 1.807) is 0 Å². The van der Waals surface area contributed by atoms with Crippen LogP contribution in [0.2, 0.25) is 0 Å². The third-order valence-corrected chi connectivity index (χ3v) is 3.70. The monoisotopic (exact) mass is 251 g/mol. The lowest BCUT2D eigenvalue weighted by atomic mass is 9.81. The summed E-state index contributed by atoms with van der Waals surface area (Å²) in [5.41, 5.74) is 0. The van der Waals surface area contributed by atoms with Gasteiger partial charge in [0.2, 0.25) is 5.89 Å². The van der Waals surface area contributed by atoms with E-state index < -0.39 is 0 Å². The van der Waals surface area contributed by atoms with E-state index in [4.69, 9.17) is 4.52 Å². The van der Waals surface area contributed by atoms with Crippen molar-refractivity contribution in [3.63, 3.8) is 0 Å². The smallest absolute Gasteiger partial charge is 0.240 e. The number of nitrogens with zero attached hydrogens (tertiary/aromatic N) is 2. The van der Waals surface area contributed by atoms with Crippen LogP contribution < -0.4 is 5.32 Å². The van der Waals surface area contributed by atoms with E-state index in [-0.39, 0.29) is 0 Å². The first-order valence-corrected chi connectivity index (χ1v) is 7.16. The maximum absolute atomic E-state index is 5.12. The number of nitrogens with one attached hydrogen (secondary N) is 1. The van der Waals surface area contributed by atoms with Crippen LogP contribution in [0.25, 0.3) is 0 Å². The Kier molecular flexibility index (Phi) is 4.75. The zero-order chi connectivity index (χ0) is 13.0. The van der Waals surface area contributed by atoms with Crippen LogP contribution in [0.1, 0.15) is 57.7 Å². The van der Waals surface area contributed by atoms with Crippen molar-refractivity contribution in [1.29, 1.82) is 0 Å². The van der Waals surface area contributed by atoms with Crippen molar-refractivity contribution >= 4 is 0 Å². The molecular weight excluding hydrogens is 226 g/mol. The van der Waals surface area contributed by atoms with Gasteiger partial charge in [-0.25, -0.2) is 0 Å². The van der Waals surface area contributed by atoms with Gasteiger partial charge in [0.05, 0.1) is 6.54 Å². The van der Waals surface area contributed by atoms with Gasteiger partial charge in [-0.15, -0.1) is 0 Å². The van der Waals surface area contributed by atoms with E-state index in [9.17, 15) is 0 Å². The molecule has 102 valence electrons. The average molecular weight is 251 g/mol. The van der Waals surface area contributed by atoms with E-state index in [2.05, 4.69) is 29.3 Å². The summed E-state index contributed by atoms with van der Waals surface area (Å²) in [5, 5.41) is 7.37. The first-order chi connectivity index (χ1) is 8.63. The molecule has 0 saturated heterocycles. The first-order valence-electron chi connectivity index (χ1n) is 7.16. The van der Waals surface area contributed by atoms with E-state index in [0.717, 1.165) is 11.8 Å². The predicted molar refractivity (Wildman–Crippen MR) is 71.1 cm³/mol. The third kappa shape index (κ3) is 4.09. The molecule has 4 heteroatoms. The second kappa shape index (κ2) is 6.32. The molecule has 2 rings (SSSR count). The summed E-state index contributed by atoms with van der Waals surface area (Å²) < 4.78 is 5.12. The molecule has 1 aromatic rings. The third-order valence-electron chi connectivity index (χ3n) is 3.70. The highest BCUT2D eigenvalue weighted by atomic mass is 16.5. The molecule has 2 unspecified atom stereocenters. The lowest BCUT2D eigenvalue weighted by Crippen LogP contribution is -2.34. The molecule has 0 aromatic carbocycles. The molecule has 1 fully saturated rings. The van der Waals surface area contributed by atoms with Crippen LogP contribution >= 0.6 is 0 Å². The molecule has 1 aromatic heterocycles. The van der Waals surface area contributed by atoms with Crippen LogP contribution in [0.5, 0.6) is 0 Å². The fraction of sp³-hybridized carbons (Fsp3) is 0.857. The standard InChI is InChI=1S/C14H25N3O/c1-10(2)7-12-5-4-6-13(8-12)15-9-14-16-11(3)17-18-14/h10,12-13,15H,4-9H2,1-3H3. The van der Waals surface area contributed by atoms with Crippen LogP contribution in [0.15, 0.2) is 4.52 Å². The summed E-state index contributed by atoms with van der Waals surface area (Å²) >= 11 is 0. The summed E-state index contributed by atoms with van der Waals surface area (Å²) in [4.78, 5) is 4.22. The fourth-order valence-electron chi connectivity index (χ4n) is 3.00. The van der Waals surface area contributed by atoms with Gasteiger partial charge < -0.3 is 9.84 Å². The largest absolute Gasteiger partial charge is 0.338 e. The SMILES string of the molecule is Cc1noc(CNC2CCCC(CC(C)C)C2)n1. The van der Waals surface area contributed by atoms with Crippen molar-refractivity contribution < 1.29 is 4.52 Å². The Labute approximate surface area is 110 Å². The van der Waals surface area contributed by atoms with Crippen molar-refractivity contribution in [3.05, 3.63) is 11.7 Å². The highest BCUT2D eigenvalue weighted by molar-refractivity contribution is 4.85. The minimum absolute atomic E-state index is 0.620. The van der Waals surface area contributed by atoms with Gasteiger partial charge in [0.1, 0.15) is 0 Å². The number of hydrogen-bond donors (Lipinski definition) is 1. The minimum Gasteiger partial charge on any atom is -0.338 e. The number of aryl methyl sites for hydroxylation is 1. The average Bonchev–Trinajstić information content (AvgIpc) is 2.72. The number of aromatic nitrogens is 2. The Bertz CT molecular complexity index is 362. The molecular formula is C14H25N3O. The summed E-state index contributed by atoms with van der Waals surface area (Å²) in [6.45, 7) is 7.20. The summed E-state index contributed by atoms with van der Waals surface area (Å²) in [6.07, 6.45) is 6.68. The normalized spacial score (nSPS) is 24.7. The van der Waals surface area contributed by atoms with Crippen LogP contribution in [0.3, 0.4) is 0 Å². The zero-order valence-corrected chi connectivity index (χ0v) is 11.8. The van der Waals surface area contributed by atoms with Gasteiger partial charge in [-0.2, -0.15) is 4.98 Å². The molecule has 1 aliphatic carbocycles. The molecule has 0 radical (unpaired) electrons. The number of hydrogen-bond acceptors (Lipinski definition) is 4. The lowest BCUT2D eigenvalue weighted by Gasteiger charge is -2.30. The Balaban J connectivity index is 1.75. The molecule has 1 N–H and O–H groups in total. The first kappa shape index (κ1) is 13.5. The zero-order valence-electron chi connectivity index (χ0n) is 11.8. The maximum atomic E-state index is 5.12. The van der Waals surface area contributed by atoms with Crippen molar-refractivity contribution in [2.75, 3.05) is 0 Å². The molecule has 4 nitrogen and oxygen atoms in total. The summed E-state index contributed by atoms with van der Waals surface area (Å²) in [5.74, 6) is 3.12. The molecule has 2 atom stereocenters. The van der Waals surface area contributed by atoms with Gasteiger partial charge in [0, 0.05) is 6.04 Å². The van der Waals surface area contributed by atoms with Gasteiger partial charge in [-0.3, -0.25) is 0 Å². The number of rotatable bonds is 5. The minimum atomic E-state index is 0.620. The van der Waals surface area contributed by atoms with E-state index in [1.165, 1.54) is 32.1 Å². The quantitative estimate of drug-likeness (QED) is 0.873. The fourth-order valence-corrected chi connectivity index (χ4v) is 3.00. The van der Waals surface area contributed by atoms with E-state index in [1.807, 2.05) is 6.92 Å². The predicted octanol–water partition coefficient (Wildman–Crippen LogP) is 3.07.